The zero-order valence-electron chi connectivity index (χ0n) is 19.5. The van der Waals surface area contributed by atoms with E-state index >= 15 is 0 Å². The van der Waals surface area contributed by atoms with Crippen molar-refractivity contribution in [3.05, 3.63) is 47.8 Å². The van der Waals surface area contributed by atoms with Gasteiger partial charge in [-0.1, -0.05) is 19.1 Å². The maximum Gasteiger partial charge on any atom is 1.00 e. The SMILES string of the molecule is CCc1c(OCC2COC(C)(C)OC2)ccnc1CS(=O)c1nc2ccccc2[nH]1.[H-].[Na+]. The molecule has 3 heterocycles. The standard InChI is InChI=1S/C22H27N3O4S.Na.H/c1-4-16-19(14-30(26)21-24-17-7-5-6-8-18(17)25-21)23-10-9-20(16)27-11-15-12-28-22(2,3)29-13-15;;/h5-10,15H,4,11-14H2,1-3H3,(H,24,25);;/q;+1;-1. The summed E-state index contributed by atoms with van der Waals surface area (Å²) in [6.07, 6.45) is 2.44. The van der Waals surface area contributed by atoms with Crippen molar-refractivity contribution in [3.8, 4) is 5.75 Å². The maximum atomic E-state index is 12.9. The largest absolute Gasteiger partial charge is 1.00 e. The first-order chi connectivity index (χ1) is 14.4. The van der Waals surface area contributed by atoms with Gasteiger partial charge < -0.3 is 20.6 Å². The van der Waals surface area contributed by atoms with Gasteiger partial charge in [0.1, 0.15) is 5.75 Å². The zero-order chi connectivity index (χ0) is 21.1. The fourth-order valence-electron chi connectivity index (χ4n) is 3.41. The van der Waals surface area contributed by atoms with Gasteiger partial charge in [0.05, 0.1) is 53.1 Å². The smallest absolute Gasteiger partial charge is 1.00 e. The number of hydrogen-bond donors (Lipinski definition) is 1. The van der Waals surface area contributed by atoms with E-state index in [9.17, 15) is 4.21 Å². The van der Waals surface area contributed by atoms with Crippen molar-refractivity contribution >= 4 is 21.8 Å². The van der Waals surface area contributed by atoms with E-state index < -0.39 is 16.6 Å². The predicted molar refractivity (Wildman–Crippen MR) is 116 cm³/mol. The summed E-state index contributed by atoms with van der Waals surface area (Å²) in [5, 5.41) is 0.463. The summed E-state index contributed by atoms with van der Waals surface area (Å²) in [6.45, 7) is 7.57. The number of para-hydroxylation sites is 2. The molecule has 2 aromatic heterocycles. The monoisotopic (exact) mass is 453 g/mol. The first kappa shape index (κ1) is 24.4. The molecule has 0 radical (unpaired) electrons. The molecule has 0 aliphatic carbocycles. The number of nitrogens with one attached hydrogen (secondary N) is 1. The summed E-state index contributed by atoms with van der Waals surface area (Å²) in [4.78, 5) is 12.1. The Hall–Kier alpha value is -1.29. The number of pyridine rings is 1. The van der Waals surface area contributed by atoms with Crippen molar-refractivity contribution < 1.29 is 49.4 Å². The molecule has 162 valence electrons. The molecule has 1 fully saturated rings. The first-order valence-electron chi connectivity index (χ1n) is 10.2. The van der Waals surface area contributed by atoms with Gasteiger partial charge in [0.15, 0.2) is 10.9 Å². The van der Waals surface area contributed by atoms with Gasteiger partial charge in [-0.05, 0) is 38.5 Å². The number of aromatic nitrogens is 3. The Bertz CT molecular complexity index is 1020. The summed E-state index contributed by atoms with van der Waals surface area (Å²) in [6, 6.07) is 9.52. The van der Waals surface area contributed by atoms with E-state index in [0.29, 0.717) is 25.0 Å². The van der Waals surface area contributed by atoms with E-state index in [-0.39, 0.29) is 42.7 Å². The molecule has 0 spiro atoms. The van der Waals surface area contributed by atoms with Crippen molar-refractivity contribution in [3.63, 3.8) is 0 Å². The second kappa shape index (κ2) is 10.6. The van der Waals surface area contributed by atoms with Crippen LogP contribution < -0.4 is 34.3 Å². The molecule has 0 bridgehead atoms. The summed E-state index contributed by atoms with van der Waals surface area (Å²) >= 11 is 0. The second-order valence-electron chi connectivity index (χ2n) is 7.84. The van der Waals surface area contributed by atoms with Crippen LogP contribution in [0.2, 0.25) is 0 Å². The molecular weight excluding hydrogens is 425 g/mol. The average molecular weight is 454 g/mol. The molecule has 1 aliphatic rings. The fourth-order valence-corrected chi connectivity index (χ4v) is 4.47. The van der Waals surface area contributed by atoms with Gasteiger partial charge >= 0.3 is 29.6 Å². The van der Waals surface area contributed by atoms with E-state index in [0.717, 1.165) is 34.5 Å². The van der Waals surface area contributed by atoms with Crippen molar-refractivity contribution in [2.45, 2.75) is 43.9 Å². The molecule has 1 N–H and O–H groups in total. The Labute approximate surface area is 208 Å². The van der Waals surface area contributed by atoms with Crippen molar-refractivity contribution in [2.75, 3.05) is 19.8 Å². The topological polar surface area (TPSA) is 86.3 Å². The molecule has 3 aromatic rings. The molecule has 1 aliphatic heterocycles. The molecule has 31 heavy (non-hydrogen) atoms. The number of nitrogens with zero attached hydrogens (tertiary/aromatic N) is 2. The Balaban J connectivity index is 0.00000181. The van der Waals surface area contributed by atoms with E-state index in [1.807, 2.05) is 51.1 Å². The van der Waals surface area contributed by atoms with Crippen molar-refractivity contribution in [2.24, 2.45) is 5.92 Å². The van der Waals surface area contributed by atoms with Gasteiger partial charge in [-0.15, -0.1) is 0 Å². The van der Waals surface area contributed by atoms with Crippen LogP contribution in [0.5, 0.6) is 5.75 Å². The van der Waals surface area contributed by atoms with Crippen molar-refractivity contribution in [1.29, 1.82) is 0 Å². The molecule has 9 heteroatoms. The Kier molecular flexibility index (Phi) is 8.29. The van der Waals surface area contributed by atoms with Gasteiger partial charge in [0.25, 0.3) is 0 Å². The van der Waals surface area contributed by atoms with E-state index in [2.05, 4.69) is 15.0 Å². The summed E-state index contributed by atoms with van der Waals surface area (Å²) in [5.41, 5.74) is 3.43. The third-order valence-corrected chi connectivity index (χ3v) is 6.27. The first-order valence-corrected chi connectivity index (χ1v) is 11.5. The third-order valence-electron chi connectivity index (χ3n) is 5.11. The molecule has 1 unspecified atom stereocenters. The third kappa shape index (κ3) is 5.94. The Morgan fingerprint density at radius 3 is 2.71 bits per heavy atom. The van der Waals surface area contributed by atoms with Crippen LogP contribution in [-0.2, 0) is 32.4 Å². The molecule has 0 saturated carbocycles. The molecule has 1 saturated heterocycles. The molecule has 7 nitrogen and oxygen atoms in total. The molecule has 1 aromatic carbocycles. The number of rotatable bonds is 7. The summed E-state index contributed by atoms with van der Waals surface area (Å²) in [5.74, 6) is 0.692. The molecule has 0 amide bonds. The average Bonchev–Trinajstić information content (AvgIpc) is 3.17. The molecule has 4 rings (SSSR count). The van der Waals surface area contributed by atoms with Crippen LogP contribution in [0.15, 0.2) is 41.7 Å². The summed E-state index contributed by atoms with van der Waals surface area (Å²) < 4.78 is 30.4. The van der Waals surface area contributed by atoms with Gasteiger partial charge in [-0.3, -0.25) is 9.19 Å². The normalized spacial score (nSPS) is 17.3. The van der Waals surface area contributed by atoms with Crippen LogP contribution in [0.1, 0.15) is 33.5 Å². The number of aromatic amines is 1. The summed E-state index contributed by atoms with van der Waals surface area (Å²) in [7, 11) is -1.33. The van der Waals surface area contributed by atoms with Crippen LogP contribution in [0, 0.1) is 5.92 Å². The van der Waals surface area contributed by atoms with Crippen LogP contribution in [0.3, 0.4) is 0 Å². The van der Waals surface area contributed by atoms with Gasteiger partial charge in [0, 0.05) is 17.7 Å². The predicted octanol–water partition coefficient (Wildman–Crippen LogP) is 0.723. The van der Waals surface area contributed by atoms with Crippen LogP contribution in [0.4, 0.5) is 0 Å². The van der Waals surface area contributed by atoms with Gasteiger partial charge in [0.2, 0.25) is 0 Å². The number of ether oxygens (including phenoxy) is 3. The number of imidazole rings is 1. The maximum absolute atomic E-state index is 12.9. The molecular formula is C22H28N3NaO4S. The number of hydrogen-bond acceptors (Lipinski definition) is 6. The minimum absolute atomic E-state index is 0. The van der Waals surface area contributed by atoms with E-state index in [1.165, 1.54) is 0 Å². The number of H-pyrrole nitrogens is 1. The fraction of sp³-hybridized carbons (Fsp3) is 0.455. The van der Waals surface area contributed by atoms with Crippen LogP contribution in [0.25, 0.3) is 11.0 Å². The van der Waals surface area contributed by atoms with Crippen LogP contribution >= 0.6 is 0 Å². The van der Waals surface area contributed by atoms with E-state index in [1.54, 1.807) is 6.20 Å². The van der Waals surface area contributed by atoms with E-state index in [4.69, 9.17) is 14.2 Å². The molecule has 1 atom stereocenters. The zero-order valence-corrected chi connectivity index (χ0v) is 21.3. The number of benzene rings is 1. The van der Waals surface area contributed by atoms with Gasteiger partial charge in [-0.25, -0.2) is 4.98 Å². The van der Waals surface area contributed by atoms with Crippen LogP contribution in [-0.4, -0.2) is 44.8 Å². The number of fused-ring (bicyclic) bond motifs is 1. The quantitative estimate of drug-likeness (QED) is 0.531. The minimum Gasteiger partial charge on any atom is -1.00 e. The van der Waals surface area contributed by atoms with Crippen molar-refractivity contribution in [1.82, 2.24) is 15.0 Å². The Morgan fingerprint density at radius 2 is 2.00 bits per heavy atom. The second-order valence-corrected chi connectivity index (χ2v) is 9.20. The van der Waals surface area contributed by atoms with Gasteiger partial charge in [-0.2, -0.15) is 0 Å². The minimum atomic E-state index is -1.33. The Morgan fingerprint density at radius 1 is 1.26 bits per heavy atom.